The first-order valence-corrected chi connectivity index (χ1v) is 26.6. The van der Waals surface area contributed by atoms with Gasteiger partial charge in [-0.25, -0.2) is 9.80 Å². The molecule has 374 valence electrons. The smallest absolute Gasteiger partial charge is 0.268 e. The van der Waals surface area contributed by atoms with Gasteiger partial charge in [-0.15, -0.1) is 0 Å². The molecule has 10 heteroatoms. The Morgan fingerprint density at radius 3 is 0.525 bits per heavy atom. The van der Waals surface area contributed by atoms with E-state index >= 15 is 19.2 Å². The molecule has 2 aliphatic rings. The Balaban J connectivity index is 0.907. The highest BCUT2D eigenvalue weighted by atomic mass is 16.2. The second kappa shape index (κ2) is 16.2. The molecule has 6 heterocycles. The molecule has 4 amide bonds. The van der Waals surface area contributed by atoms with Crippen molar-refractivity contribution in [2.24, 2.45) is 0 Å². The second-order valence-electron chi connectivity index (χ2n) is 20.6. The largest absolute Gasteiger partial charge is 0.308 e. The van der Waals surface area contributed by atoms with Crippen molar-refractivity contribution < 1.29 is 19.2 Å². The molecule has 0 aliphatic carbocycles. The van der Waals surface area contributed by atoms with Crippen molar-refractivity contribution in [2.75, 3.05) is 9.80 Å². The van der Waals surface area contributed by atoms with Gasteiger partial charge in [0, 0.05) is 43.1 Å². The maximum atomic E-state index is 16.2. The van der Waals surface area contributed by atoms with Crippen LogP contribution in [-0.4, -0.2) is 41.9 Å². The number of fused-ring (bicyclic) bond motifs is 14. The Hall–Kier alpha value is -11.1. The molecule has 10 nitrogen and oxygen atoms in total. The quantitative estimate of drug-likeness (QED) is 0.155. The molecule has 0 atom stereocenters. The number of rotatable bonds is 6. The summed E-state index contributed by atoms with van der Waals surface area (Å²) < 4.78 is 8.26. The molecule has 0 unspecified atom stereocenters. The van der Waals surface area contributed by atoms with Crippen LogP contribution in [0.3, 0.4) is 0 Å². The third-order valence-corrected chi connectivity index (χ3v) is 16.6. The molecule has 0 fully saturated rings. The lowest BCUT2D eigenvalue weighted by molar-refractivity contribution is 0.0904. The lowest BCUT2D eigenvalue weighted by Crippen LogP contribution is -2.35. The number of para-hydroxylation sites is 10. The summed E-state index contributed by atoms with van der Waals surface area (Å²) in [4.78, 5) is 67.1. The first-order chi connectivity index (χ1) is 39.5. The number of nitrogens with zero attached hydrogens (tertiary/aromatic N) is 6. The zero-order chi connectivity index (χ0) is 53.1. The minimum absolute atomic E-state index is 0.0892. The number of aromatic nitrogens is 4. The molecule has 0 saturated heterocycles. The van der Waals surface area contributed by atoms with Crippen molar-refractivity contribution in [3.05, 3.63) is 265 Å². The van der Waals surface area contributed by atoms with Crippen LogP contribution in [0.1, 0.15) is 41.4 Å². The van der Waals surface area contributed by atoms with Gasteiger partial charge in [-0.05, 0) is 84.9 Å². The molecule has 4 aromatic heterocycles. The van der Waals surface area contributed by atoms with Crippen molar-refractivity contribution in [1.29, 1.82) is 0 Å². The van der Waals surface area contributed by atoms with E-state index in [-0.39, 0.29) is 33.6 Å². The average molecular weight is 1030 g/mol. The number of hydrogen-bond donors (Lipinski definition) is 0. The Morgan fingerprint density at radius 2 is 0.338 bits per heavy atom. The number of carbonyl (C=O) groups excluding carboxylic acids is 4. The van der Waals surface area contributed by atoms with Crippen LogP contribution in [0.15, 0.2) is 243 Å². The summed E-state index contributed by atoms with van der Waals surface area (Å²) in [7, 11) is 0. The van der Waals surface area contributed by atoms with E-state index in [0.29, 0.717) is 22.7 Å². The predicted molar refractivity (Wildman–Crippen MR) is 319 cm³/mol. The van der Waals surface area contributed by atoms with Gasteiger partial charge in [0.2, 0.25) is 0 Å². The molecule has 0 saturated carbocycles. The highest BCUT2D eigenvalue weighted by Crippen LogP contribution is 2.48. The third kappa shape index (κ3) is 5.69. The van der Waals surface area contributed by atoms with Crippen molar-refractivity contribution in [1.82, 2.24) is 18.3 Å². The van der Waals surface area contributed by atoms with Gasteiger partial charge in [-0.1, -0.05) is 158 Å². The maximum absolute atomic E-state index is 16.2. The van der Waals surface area contributed by atoms with E-state index in [1.807, 2.05) is 170 Å². The van der Waals surface area contributed by atoms with Crippen LogP contribution in [0.25, 0.3) is 110 Å². The highest BCUT2D eigenvalue weighted by Gasteiger charge is 2.47. The van der Waals surface area contributed by atoms with Crippen LogP contribution in [0.5, 0.6) is 0 Å². The van der Waals surface area contributed by atoms with Gasteiger partial charge in [-0.2, -0.15) is 0 Å². The molecule has 2 aliphatic heterocycles. The molecule has 11 aromatic carbocycles. The number of anilines is 2. The molecule has 80 heavy (non-hydrogen) atoms. The van der Waals surface area contributed by atoms with Gasteiger partial charge < -0.3 is 18.3 Å². The van der Waals surface area contributed by atoms with Crippen LogP contribution in [0.2, 0.25) is 0 Å². The minimum Gasteiger partial charge on any atom is -0.308 e. The highest BCUT2D eigenvalue weighted by molar-refractivity contribution is 6.41. The first kappa shape index (κ1) is 44.1. The normalized spacial score (nSPS) is 13.6. The molecule has 0 radical (unpaired) electrons. The number of benzene rings is 11. The van der Waals surface area contributed by atoms with E-state index in [9.17, 15) is 0 Å². The number of hydrogen-bond acceptors (Lipinski definition) is 4. The molecule has 15 aromatic rings. The van der Waals surface area contributed by atoms with E-state index in [0.717, 1.165) is 87.2 Å². The first-order valence-electron chi connectivity index (χ1n) is 26.6. The molecule has 0 spiro atoms. The van der Waals surface area contributed by atoms with Crippen LogP contribution < -0.4 is 9.80 Å². The molecule has 0 bridgehead atoms. The summed E-state index contributed by atoms with van der Waals surface area (Å²) in [6, 6.07) is 79.1. The third-order valence-electron chi connectivity index (χ3n) is 16.6. The van der Waals surface area contributed by atoms with Gasteiger partial charge >= 0.3 is 0 Å². The monoisotopic (exact) mass is 1030 g/mol. The fraction of sp³-hybridized carbons (Fsp3) is 0. The van der Waals surface area contributed by atoms with Crippen LogP contribution in [0, 0.1) is 0 Å². The lowest BCUT2D eigenvalue weighted by Gasteiger charge is -2.23. The average Bonchev–Trinajstić information content (AvgIpc) is 4.42. The fourth-order valence-corrected chi connectivity index (χ4v) is 13.4. The van der Waals surface area contributed by atoms with Crippen molar-refractivity contribution in [2.45, 2.75) is 0 Å². The summed E-state index contributed by atoms with van der Waals surface area (Å²) >= 11 is 0. The van der Waals surface area contributed by atoms with E-state index < -0.39 is 23.6 Å². The SMILES string of the molecule is O=C1c2c(-n3c4ccccc4c4ccccc43)ccc(-n3c4ccccc4c4ccccc43)c2C(=O)N1c1ccccc1N1C(=O)c2c(-n3c4ccccc4c4ccccc43)ccc(-n3c4ccccc4c4ccccc43)c2C1=O. The van der Waals surface area contributed by atoms with Crippen LogP contribution in [0.4, 0.5) is 11.4 Å². The van der Waals surface area contributed by atoms with E-state index in [1.54, 1.807) is 24.3 Å². The minimum atomic E-state index is -0.592. The number of imide groups is 2. The predicted octanol–water partition coefficient (Wildman–Crippen LogP) is 15.7. The fourth-order valence-electron chi connectivity index (χ4n) is 13.4. The standard InChI is InChI=1S/C70H40N6O4/c77-67-63-59(71-49-27-9-1-19-41(49)42-20-2-10-28-50(42)71)37-38-60(72-51-29-11-3-21-43(51)44-22-4-12-30-52(44)72)64(63)68(78)75(67)57-35-17-18-36-58(57)76-69(79)65-61(73-53-31-13-5-23-45(53)46-24-6-14-32-54(46)73)39-40-62(66(65)70(76)80)74-55-33-15-7-25-47(55)48-26-8-16-34-56(48)74/h1-40H. The molecule has 17 rings (SSSR count). The van der Waals surface area contributed by atoms with Gasteiger partial charge in [0.15, 0.2) is 0 Å². The summed E-state index contributed by atoms with van der Waals surface area (Å²) in [6.45, 7) is 0. The Kier molecular flexibility index (Phi) is 8.93. The zero-order valence-electron chi connectivity index (χ0n) is 42.4. The molecular weight excluding hydrogens is 989 g/mol. The second-order valence-corrected chi connectivity index (χ2v) is 20.6. The summed E-state index contributed by atoms with van der Waals surface area (Å²) in [6.07, 6.45) is 0. The van der Waals surface area contributed by atoms with Crippen molar-refractivity contribution in [3.8, 4) is 22.7 Å². The number of carbonyl (C=O) groups is 4. The Labute approximate surface area is 455 Å². The van der Waals surface area contributed by atoms with Gasteiger partial charge in [0.1, 0.15) is 0 Å². The van der Waals surface area contributed by atoms with Crippen LogP contribution >= 0.6 is 0 Å². The van der Waals surface area contributed by atoms with Gasteiger partial charge in [0.05, 0.1) is 101 Å². The van der Waals surface area contributed by atoms with Gasteiger partial charge in [0.25, 0.3) is 23.6 Å². The number of amides is 4. The molecule has 0 N–H and O–H groups in total. The topological polar surface area (TPSA) is 94.5 Å². The molecular formula is C70H40N6O4. The van der Waals surface area contributed by atoms with E-state index in [4.69, 9.17) is 0 Å². The van der Waals surface area contributed by atoms with E-state index in [1.165, 1.54) is 9.80 Å². The van der Waals surface area contributed by atoms with Gasteiger partial charge in [-0.3, -0.25) is 19.2 Å². The summed E-state index contributed by atoms with van der Waals surface area (Å²) in [5.74, 6) is -2.37. The van der Waals surface area contributed by atoms with E-state index in [2.05, 4.69) is 66.8 Å². The van der Waals surface area contributed by atoms with Crippen LogP contribution in [-0.2, 0) is 0 Å². The Bertz CT molecular complexity index is 4470. The summed E-state index contributed by atoms with van der Waals surface area (Å²) in [5.41, 5.74) is 9.96. The zero-order valence-corrected chi connectivity index (χ0v) is 42.4. The van der Waals surface area contributed by atoms with Crippen molar-refractivity contribution in [3.63, 3.8) is 0 Å². The lowest BCUT2D eigenvalue weighted by atomic mass is 10.0. The maximum Gasteiger partial charge on any atom is 0.268 e. The van der Waals surface area contributed by atoms with Crippen molar-refractivity contribution >= 4 is 122 Å². The summed E-state index contributed by atoms with van der Waals surface area (Å²) in [5, 5.41) is 7.95. The Morgan fingerprint density at radius 1 is 0.175 bits per heavy atom.